The molecule has 29 heavy (non-hydrogen) atoms. The van der Waals surface area contributed by atoms with E-state index in [1.807, 2.05) is 24.4 Å². The maximum absolute atomic E-state index is 13.6. The van der Waals surface area contributed by atoms with Crippen LogP contribution >= 0.6 is 11.3 Å². The van der Waals surface area contributed by atoms with E-state index in [2.05, 4.69) is 10.2 Å². The van der Waals surface area contributed by atoms with E-state index < -0.39 is 35.7 Å². The van der Waals surface area contributed by atoms with Crippen LogP contribution < -0.4 is 0 Å². The van der Waals surface area contributed by atoms with Gasteiger partial charge in [-0.2, -0.15) is 0 Å². The van der Waals surface area contributed by atoms with Gasteiger partial charge in [0.25, 0.3) is 11.8 Å². The Labute approximate surface area is 168 Å². The van der Waals surface area contributed by atoms with Gasteiger partial charge in [-0.25, -0.2) is 13.6 Å². The van der Waals surface area contributed by atoms with E-state index in [1.54, 1.807) is 0 Å². The normalized spacial score (nSPS) is 10.7. The molecule has 0 aliphatic heterocycles. The second-order valence-electron chi connectivity index (χ2n) is 5.97. The smallest absolute Gasteiger partial charge is 0.344 e. The largest absolute Gasteiger partial charge is 0.452 e. The Kier molecular flexibility index (Phi) is 6.65. The van der Waals surface area contributed by atoms with Crippen molar-refractivity contribution in [3.63, 3.8) is 0 Å². The predicted molar refractivity (Wildman–Crippen MR) is 100.0 cm³/mol. The van der Waals surface area contributed by atoms with Gasteiger partial charge in [-0.3, -0.25) is 4.79 Å². The lowest BCUT2D eigenvalue weighted by molar-refractivity contribution is -0.135. The number of thiophene rings is 1. The summed E-state index contributed by atoms with van der Waals surface area (Å²) in [4.78, 5) is 26.6. The molecule has 2 aromatic heterocycles. The van der Waals surface area contributed by atoms with Crippen molar-refractivity contribution < 1.29 is 27.5 Å². The second-order valence-corrected chi connectivity index (χ2v) is 6.91. The number of halogens is 2. The Hall–Kier alpha value is -3.14. The Balaban J connectivity index is 1.63. The zero-order valence-corrected chi connectivity index (χ0v) is 16.2. The quantitative estimate of drug-likeness (QED) is 0.516. The number of esters is 1. The zero-order valence-electron chi connectivity index (χ0n) is 15.4. The maximum Gasteiger partial charge on any atom is 0.344 e. The number of hydrogen-bond acceptors (Lipinski definition) is 7. The lowest BCUT2D eigenvalue weighted by atomic mass is 10.2. The van der Waals surface area contributed by atoms with Crippen molar-refractivity contribution in [1.82, 2.24) is 15.1 Å². The standard InChI is InChI=1S/C19H17F2N3O4S/c1-2-8-24(10-15-22-23-18(28-15)14-7-4-9-29-14)16(25)11-27-19(26)17-12(20)5-3-6-13(17)21/h3-7,9H,2,8,10-11H2,1H3. The van der Waals surface area contributed by atoms with Gasteiger partial charge in [0.1, 0.15) is 17.2 Å². The van der Waals surface area contributed by atoms with Crippen LogP contribution in [0.15, 0.2) is 40.1 Å². The molecule has 0 bridgehead atoms. The van der Waals surface area contributed by atoms with Crippen molar-refractivity contribution in [2.24, 2.45) is 0 Å². The molecule has 1 amide bonds. The number of hydrogen-bond donors (Lipinski definition) is 0. The lowest BCUT2D eigenvalue weighted by Crippen LogP contribution is -2.35. The Morgan fingerprint density at radius 2 is 1.93 bits per heavy atom. The highest BCUT2D eigenvalue weighted by atomic mass is 32.1. The van der Waals surface area contributed by atoms with Crippen molar-refractivity contribution >= 4 is 23.2 Å². The summed E-state index contributed by atoms with van der Waals surface area (Å²) in [5.41, 5.74) is -0.833. The van der Waals surface area contributed by atoms with Gasteiger partial charge in [0.05, 0.1) is 11.4 Å². The van der Waals surface area contributed by atoms with Crippen LogP contribution in [0.2, 0.25) is 0 Å². The molecule has 0 saturated heterocycles. The van der Waals surface area contributed by atoms with E-state index in [0.717, 1.165) is 23.1 Å². The second kappa shape index (κ2) is 9.37. The molecule has 0 radical (unpaired) electrons. The van der Waals surface area contributed by atoms with Crippen LogP contribution in [0.25, 0.3) is 10.8 Å². The maximum atomic E-state index is 13.6. The monoisotopic (exact) mass is 421 g/mol. The number of carbonyl (C=O) groups is 2. The summed E-state index contributed by atoms with van der Waals surface area (Å²) in [6.45, 7) is 1.57. The average molecular weight is 421 g/mol. The Morgan fingerprint density at radius 1 is 1.17 bits per heavy atom. The molecule has 0 N–H and O–H groups in total. The lowest BCUT2D eigenvalue weighted by Gasteiger charge is -2.20. The van der Waals surface area contributed by atoms with Crippen LogP contribution in [0.1, 0.15) is 29.6 Å². The van der Waals surface area contributed by atoms with Gasteiger partial charge in [0.2, 0.25) is 5.89 Å². The molecule has 0 unspecified atom stereocenters. The van der Waals surface area contributed by atoms with Crippen molar-refractivity contribution in [1.29, 1.82) is 0 Å². The van der Waals surface area contributed by atoms with Gasteiger partial charge < -0.3 is 14.1 Å². The zero-order chi connectivity index (χ0) is 20.8. The first-order valence-corrected chi connectivity index (χ1v) is 9.62. The molecule has 152 valence electrons. The first-order valence-electron chi connectivity index (χ1n) is 8.74. The summed E-state index contributed by atoms with van der Waals surface area (Å²) in [7, 11) is 0. The third-order valence-electron chi connectivity index (χ3n) is 3.86. The molecular weight excluding hydrogens is 404 g/mol. The van der Waals surface area contributed by atoms with Gasteiger partial charge in [-0.05, 0) is 30.0 Å². The van der Waals surface area contributed by atoms with Gasteiger partial charge in [0, 0.05) is 6.54 Å². The van der Waals surface area contributed by atoms with Gasteiger partial charge in [-0.1, -0.05) is 19.1 Å². The molecule has 0 aliphatic carbocycles. The number of carbonyl (C=O) groups excluding carboxylic acids is 2. The highest BCUT2D eigenvalue weighted by molar-refractivity contribution is 7.13. The Bertz CT molecular complexity index is 971. The number of amides is 1. The molecule has 2 heterocycles. The highest BCUT2D eigenvalue weighted by Gasteiger charge is 2.22. The average Bonchev–Trinajstić information content (AvgIpc) is 3.37. The fraction of sp³-hybridized carbons (Fsp3) is 0.263. The summed E-state index contributed by atoms with van der Waals surface area (Å²) in [5.74, 6) is -3.34. The van der Waals surface area contributed by atoms with Crippen LogP contribution in [-0.2, 0) is 16.1 Å². The third-order valence-corrected chi connectivity index (χ3v) is 4.72. The highest BCUT2D eigenvalue weighted by Crippen LogP contribution is 2.23. The molecule has 0 spiro atoms. The summed E-state index contributed by atoms with van der Waals surface area (Å²) >= 11 is 1.44. The van der Waals surface area contributed by atoms with E-state index in [-0.39, 0.29) is 12.4 Å². The minimum absolute atomic E-state index is 0.0245. The number of benzene rings is 1. The van der Waals surface area contributed by atoms with Crippen LogP contribution in [0.4, 0.5) is 8.78 Å². The Morgan fingerprint density at radius 3 is 2.59 bits per heavy atom. The third kappa shape index (κ3) is 5.02. The van der Waals surface area contributed by atoms with E-state index >= 15 is 0 Å². The fourth-order valence-electron chi connectivity index (χ4n) is 2.53. The van der Waals surface area contributed by atoms with Crippen LogP contribution in [0, 0.1) is 11.6 Å². The van der Waals surface area contributed by atoms with Gasteiger partial charge >= 0.3 is 5.97 Å². The van der Waals surface area contributed by atoms with E-state index in [1.165, 1.54) is 16.2 Å². The number of ether oxygens (including phenoxy) is 1. The first kappa shape index (κ1) is 20.6. The van der Waals surface area contributed by atoms with E-state index in [0.29, 0.717) is 18.9 Å². The van der Waals surface area contributed by atoms with Gasteiger partial charge in [0.15, 0.2) is 6.61 Å². The van der Waals surface area contributed by atoms with E-state index in [9.17, 15) is 18.4 Å². The molecule has 0 saturated carbocycles. The molecular formula is C19H17F2N3O4S. The number of aromatic nitrogens is 2. The van der Waals surface area contributed by atoms with Gasteiger partial charge in [-0.15, -0.1) is 21.5 Å². The minimum atomic E-state index is -1.25. The summed E-state index contributed by atoms with van der Waals surface area (Å²) in [6.07, 6.45) is 0.632. The van der Waals surface area contributed by atoms with Crippen LogP contribution in [-0.4, -0.2) is 40.1 Å². The van der Waals surface area contributed by atoms with E-state index in [4.69, 9.17) is 9.15 Å². The van der Waals surface area contributed by atoms with Crippen molar-refractivity contribution in [2.75, 3.05) is 13.2 Å². The first-order chi connectivity index (χ1) is 14.0. The molecule has 7 nitrogen and oxygen atoms in total. The number of rotatable bonds is 8. The molecule has 3 rings (SSSR count). The SMILES string of the molecule is CCCN(Cc1nnc(-c2cccs2)o1)C(=O)COC(=O)c1c(F)cccc1F. The molecule has 0 fully saturated rings. The topological polar surface area (TPSA) is 85.5 Å². The summed E-state index contributed by atoms with van der Waals surface area (Å²) in [5, 5.41) is 9.76. The molecule has 3 aromatic rings. The van der Waals surface area contributed by atoms with Crippen molar-refractivity contribution in [2.45, 2.75) is 19.9 Å². The molecule has 10 heteroatoms. The minimum Gasteiger partial charge on any atom is -0.452 e. The predicted octanol–water partition coefficient (Wildman–Crippen LogP) is 3.67. The van der Waals surface area contributed by atoms with Crippen molar-refractivity contribution in [3.05, 3.63) is 58.8 Å². The van der Waals surface area contributed by atoms with Crippen LogP contribution in [0.3, 0.4) is 0 Å². The molecule has 1 aromatic carbocycles. The van der Waals surface area contributed by atoms with Crippen molar-refractivity contribution in [3.8, 4) is 10.8 Å². The fourth-order valence-corrected chi connectivity index (χ4v) is 3.17. The number of nitrogens with zero attached hydrogens (tertiary/aromatic N) is 3. The summed E-state index contributed by atoms with van der Waals surface area (Å²) in [6, 6.07) is 6.68. The summed E-state index contributed by atoms with van der Waals surface area (Å²) < 4.78 is 37.7. The van der Waals surface area contributed by atoms with Crippen LogP contribution in [0.5, 0.6) is 0 Å². The molecule has 0 aliphatic rings. The molecule has 0 atom stereocenters.